The van der Waals surface area contributed by atoms with E-state index < -0.39 is 0 Å². The van der Waals surface area contributed by atoms with Crippen LogP contribution in [0.4, 0.5) is 0 Å². The van der Waals surface area contributed by atoms with Gasteiger partial charge in [-0.25, -0.2) is 0 Å². The van der Waals surface area contributed by atoms with Gasteiger partial charge in [-0.1, -0.05) is 141 Å². The summed E-state index contributed by atoms with van der Waals surface area (Å²) in [5.74, 6) is -0.344. The summed E-state index contributed by atoms with van der Waals surface area (Å²) in [5.41, 5.74) is 0. The van der Waals surface area contributed by atoms with Crippen molar-refractivity contribution in [3.8, 4) is 0 Å². The van der Waals surface area contributed by atoms with E-state index in [1.54, 1.807) is 0 Å². The van der Waals surface area contributed by atoms with Gasteiger partial charge < -0.3 is 14.4 Å². The molecule has 1 unspecified atom stereocenters. The molecule has 0 fully saturated rings. The Morgan fingerprint density at radius 1 is 0.510 bits per heavy atom. The molecule has 0 bridgehead atoms. The van der Waals surface area contributed by atoms with Gasteiger partial charge in [-0.15, -0.1) is 0 Å². The first-order valence-corrected chi connectivity index (χ1v) is 20.7. The third-order valence-electron chi connectivity index (χ3n) is 9.05. The Labute approximate surface area is 304 Å². The molecule has 284 valence electrons. The Morgan fingerprint density at radius 2 is 0.918 bits per heavy atom. The summed E-state index contributed by atoms with van der Waals surface area (Å²) in [7, 11) is 0. The van der Waals surface area contributed by atoms with Crippen molar-refractivity contribution in [2.24, 2.45) is 0 Å². The molecule has 0 amide bonds. The molecule has 49 heavy (non-hydrogen) atoms. The number of allylic oxidation sites excluding steroid dienone is 8. The van der Waals surface area contributed by atoms with E-state index in [0.29, 0.717) is 19.3 Å². The predicted octanol–water partition coefficient (Wildman–Crippen LogP) is 12.8. The standard InChI is InChI=1S/C44H79NO4/c1-5-9-11-13-15-17-19-21-23-25-27-29-31-33-35-37-43(46)48-41-42(39-40-45(7-3)8-4)49-44(47)38-36-34-32-30-28-26-24-22-20-18-16-14-12-10-6-2/h15-18,21-24,42H,5-14,19-20,25-41H2,1-4H3/b17-15-,18-16-,23-21-,24-22-. The molecule has 0 aromatic carbocycles. The number of hydrogen-bond donors (Lipinski definition) is 0. The van der Waals surface area contributed by atoms with Crippen LogP contribution in [0.25, 0.3) is 0 Å². The van der Waals surface area contributed by atoms with E-state index >= 15 is 0 Å². The molecular formula is C44H79NO4. The van der Waals surface area contributed by atoms with Crippen LogP contribution in [-0.4, -0.2) is 49.2 Å². The second-order valence-electron chi connectivity index (χ2n) is 13.6. The second kappa shape index (κ2) is 38.7. The van der Waals surface area contributed by atoms with Crippen molar-refractivity contribution in [1.29, 1.82) is 0 Å². The quantitative estimate of drug-likeness (QED) is 0.0373. The summed E-state index contributed by atoms with van der Waals surface area (Å²) in [4.78, 5) is 27.4. The minimum Gasteiger partial charge on any atom is -0.462 e. The molecule has 0 saturated heterocycles. The van der Waals surface area contributed by atoms with Crippen LogP contribution in [0.15, 0.2) is 48.6 Å². The van der Waals surface area contributed by atoms with Gasteiger partial charge in [0.1, 0.15) is 12.7 Å². The maximum atomic E-state index is 12.6. The molecule has 0 N–H and O–H groups in total. The molecule has 0 aromatic rings. The average Bonchev–Trinajstić information content (AvgIpc) is 3.10. The number of carbonyl (C=O) groups excluding carboxylic acids is 2. The van der Waals surface area contributed by atoms with Crippen molar-refractivity contribution < 1.29 is 19.1 Å². The normalized spacial score (nSPS) is 12.8. The summed E-state index contributed by atoms with van der Waals surface area (Å²) < 4.78 is 11.4. The Morgan fingerprint density at radius 3 is 1.37 bits per heavy atom. The highest BCUT2D eigenvalue weighted by atomic mass is 16.6. The lowest BCUT2D eigenvalue weighted by Gasteiger charge is -2.23. The number of esters is 2. The summed E-state index contributed by atoms with van der Waals surface area (Å²) in [6, 6.07) is 0. The van der Waals surface area contributed by atoms with Crippen LogP contribution >= 0.6 is 0 Å². The summed E-state index contributed by atoms with van der Waals surface area (Å²) in [6.45, 7) is 11.7. The predicted molar refractivity (Wildman–Crippen MR) is 212 cm³/mol. The van der Waals surface area contributed by atoms with Gasteiger partial charge >= 0.3 is 11.9 Å². The zero-order chi connectivity index (χ0) is 35.9. The van der Waals surface area contributed by atoms with E-state index in [-0.39, 0.29) is 24.6 Å². The van der Waals surface area contributed by atoms with Crippen molar-refractivity contribution in [2.45, 2.75) is 194 Å². The molecule has 0 rings (SSSR count). The summed E-state index contributed by atoms with van der Waals surface area (Å²) >= 11 is 0. The van der Waals surface area contributed by atoms with Crippen LogP contribution in [0.2, 0.25) is 0 Å². The molecule has 0 aliphatic rings. The van der Waals surface area contributed by atoms with Crippen molar-refractivity contribution >= 4 is 11.9 Å². The molecule has 5 nitrogen and oxygen atoms in total. The van der Waals surface area contributed by atoms with Gasteiger partial charge in [0.25, 0.3) is 0 Å². The van der Waals surface area contributed by atoms with Gasteiger partial charge in [-0.05, 0) is 90.1 Å². The van der Waals surface area contributed by atoms with Crippen LogP contribution in [0.1, 0.15) is 188 Å². The van der Waals surface area contributed by atoms with Gasteiger partial charge in [0, 0.05) is 25.8 Å². The van der Waals surface area contributed by atoms with Crippen LogP contribution < -0.4 is 0 Å². The fraction of sp³-hybridized carbons (Fsp3) is 0.773. The van der Waals surface area contributed by atoms with E-state index in [0.717, 1.165) is 83.8 Å². The molecule has 0 saturated carbocycles. The van der Waals surface area contributed by atoms with Crippen molar-refractivity contribution in [3.63, 3.8) is 0 Å². The number of nitrogens with zero attached hydrogens (tertiary/aromatic N) is 1. The van der Waals surface area contributed by atoms with E-state index in [4.69, 9.17) is 9.47 Å². The highest BCUT2D eigenvalue weighted by Crippen LogP contribution is 2.13. The third kappa shape index (κ3) is 35.5. The molecule has 0 heterocycles. The fourth-order valence-corrected chi connectivity index (χ4v) is 5.71. The van der Waals surface area contributed by atoms with Gasteiger partial charge in [-0.2, -0.15) is 0 Å². The fourth-order valence-electron chi connectivity index (χ4n) is 5.71. The number of unbranched alkanes of at least 4 members (excludes halogenated alkanes) is 16. The Balaban J connectivity index is 4.09. The van der Waals surface area contributed by atoms with E-state index in [2.05, 4.69) is 81.2 Å². The highest BCUT2D eigenvalue weighted by molar-refractivity contribution is 5.70. The average molecular weight is 686 g/mol. The van der Waals surface area contributed by atoms with Crippen LogP contribution in [-0.2, 0) is 19.1 Å². The molecule has 0 aliphatic heterocycles. The SMILES string of the molecule is CCCCC/C=C\C/C=C\CCCCCCCC(=O)OCC(CCN(CC)CC)OC(=O)CCCCCCC/C=C\C/C=C\CCCCC. The van der Waals surface area contributed by atoms with Crippen molar-refractivity contribution in [2.75, 3.05) is 26.2 Å². The second-order valence-corrected chi connectivity index (χ2v) is 13.6. The van der Waals surface area contributed by atoms with E-state index in [1.165, 1.54) is 77.0 Å². The summed E-state index contributed by atoms with van der Waals surface area (Å²) in [5, 5.41) is 0. The van der Waals surface area contributed by atoms with Crippen molar-refractivity contribution in [1.82, 2.24) is 4.90 Å². The Hall–Kier alpha value is -2.14. The van der Waals surface area contributed by atoms with Gasteiger partial charge in [0.05, 0.1) is 0 Å². The molecule has 0 aromatic heterocycles. The number of rotatable bonds is 36. The van der Waals surface area contributed by atoms with Crippen molar-refractivity contribution in [3.05, 3.63) is 48.6 Å². The maximum absolute atomic E-state index is 12.6. The zero-order valence-electron chi connectivity index (χ0n) is 32.8. The summed E-state index contributed by atoms with van der Waals surface area (Å²) in [6.07, 6.45) is 45.0. The first kappa shape index (κ1) is 46.9. The molecule has 0 aliphatic carbocycles. The molecule has 5 heteroatoms. The Kier molecular flexibility index (Phi) is 37.0. The van der Waals surface area contributed by atoms with Gasteiger partial charge in [0.15, 0.2) is 0 Å². The lowest BCUT2D eigenvalue weighted by molar-refractivity contribution is -0.159. The monoisotopic (exact) mass is 686 g/mol. The van der Waals surface area contributed by atoms with Crippen LogP contribution in [0.3, 0.4) is 0 Å². The maximum Gasteiger partial charge on any atom is 0.306 e. The molecule has 0 radical (unpaired) electrons. The topological polar surface area (TPSA) is 55.8 Å². The number of ether oxygens (including phenoxy) is 2. The zero-order valence-corrected chi connectivity index (χ0v) is 32.8. The lowest BCUT2D eigenvalue weighted by atomic mass is 10.1. The first-order chi connectivity index (χ1) is 24.1. The molecule has 0 spiro atoms. The van der Waals surface area contributed by atoms with Gasteiger partial charge in [-0.3, -0.25) is 9.59 Å². The number of carbonyl (C=O) groups is 2. The minimum absolute atomic E-state index is 0.161. The lowest BCUT2D eigenvalue weighted by Crippen LogP contribution is -2.32. The minimum atomic E-state index is -0.375. The highest BCUT2D eigenvalue weighted by Gasteiger charge is 2.18. The molecule has 1 atom stereocenters. The molecular weight excluding hydrogens is 606 g/mol. The number of hydrogen-bond acceptors (Lipinski definition) is 5. The Bertz CT molecular complexity index is 842. The van der Waals surface area contributed by atoms with Gasteiger partial charge in [0.2, 0.25) is 0 Å². The van der Waals surface area contributed by atoms with E-state index in [9.17, 15) is 9.59 Å². The first-order valence-electron chi connectivity index (χ1n) is 20.7. The third-order valence-corrected chi connectivity index (χ3v) is 9.05. The van der Waals surface area contributed by atoms with E-state index in [1.807, 2.05) is 0 Å². The van der Waals surface area contributed by atoms with Crippen LogP contribution in [0.5, 0.6) is 0 Å². The largest absolute Gasteiger partial charge is 0.462 e. The smallest absolute Gasteiger partial charge is 0.306 e. The van der Waals surface area contributed by atoms with Crippen LogP contribution in [0, 0.1) is 0 Å².